The molecule has 0 spiro atoms. The number of carbonyl (C=O) groups is 1. The number of methoxy groups -OCH3 is 1. The number of rotatable bonds is 4. The van der Waals surface area contributed by atoms with Gasteiger partial charge in [0.25, 0.3) is 10.0 Å². The number of nitrogens with zero attached hydrogens (tertiary/aromatic N) is 3. The molecule has 112 valence electrons. The van der Waals surface area contributed by atoms with Gasteiger partial charge in [-0.25, -0.2) is 22.6 Å². The summed E-state index contributed by atoms with van der Waals surface area (Å²) in [5.74, 6) is -0.557. The van der Waals surface area contributed by atoms with E-state index in [1.54, 1.807) is 0 Å². The Bertz CT molecular complexity index is 784. The van der Waals surface area contributed by atoms with Crippen LogP contribution in [0.25, 0.3) is 0 Å². The van der Waals surface area contributed by atoms with E-state index in [1.807, 2.05) is 0 Å². The number of carbonyl (C=O) groups excluding carboxylic acids is 1. The first kappa shape index (κ1) is 14.8. The molecule has 1 aromatic carbocycles. The molecule has 0 aliphatic heterocycles. The lowest BCUT2D eigenvalue weighted by Gasteiger charge is -2.10. The number of benzene rings is 1. The third-order valence-corrected chi connectivity index (χ3v) is 4.06. The molecule has 0 fully saturated rings. The van der Waals surface area contributed by atoms with Crippen LogP contribution in [0.4, 0.5) is 11.6 Å². The van der Waals surface area contributed by atoms with Gasteiger partial charge in [-0.15, -0.1) is 0 Å². The standard InChI is InChI=1S/C11H13N5O4S/c1-16-11(13-6-14-16)15-21(18,19)9-4-3-7(5-8(9)12)10(17)20-2/h3-6H,12H2,1-2H3,(H,13,14,15). The lowest BCUT2D eigenvalue weighted by Crippen LogP contribution is -2.18. The number of sulfonamides is 1. The minimum Gasteiger partial charge on any atom is -0.465 e. The maximum absolute atomic E-state index is 12.2. The fourth-order valence-electron chi connectivity index (χ4n) is 1.60. The molecule has 0 bridgehead atoms. The Morgan fingerprint density at radius 2 is 2.14 bits per heavy atom. The summed E-state index contributed by atoms with van der Waals surface area (Å²) in [6, 6.07) is 3.77. The highest BCUT2D eigenvalue weighted by atomic mass is 32.2. The molecule has 2 aromatic rings. The third kappa shape index (κ3) is 2.94. The summed E-state index contributed by atoms with van der Waals surface area (Å²) >= 11 is 0. The van der Waals surface area contributed by atoms with Gasteiger partial charge in [0.1, 0.15) is 11.2 Å². The third-order valence-electron chi connectivity index (χ3n) is 2.66. The Morgan fingerprint density at radius 1 is 1.43 bits per heavy atom. The van der Waals surface area contributed by atoms with Gasteiger partial charge < -0.3 is 10.5 Å². The summed E-state index contributed by atoms with van der Waals surface area (Å²) in [5, 5.41) is 3.75. The van der Waals surface area contributed by atoms with E-state index in [2.05, 4.69) is 19.5 Å². The average Bonchev–Trinajstić information content (AvgIpc) is 2.82. The molecule has 0 atom stereocenters. The number of aryl methyl sites for hydroxylation is 1. The molecule has 0 saturated carbocycles. The zero-order valence-electron chi connectivity index (χ0n) is 11.3. The smallest absolute Gasteiger partial charge is 0.337 e. The largest absolute Gasteiger partial charge is 0.465 e. The topological polar surface area (TPSA) is 129 Å². The van der Waals surface area contributed by atoms with Crippen molar-refractivity contribution < 1.29 is 17.9 Å². The fraction of sp³-hybridized carbons (Fsp3) is 0.182. The fourth-order valence-corrected chi connectivity index (χ4v) is 2.75. The second-order valence-electron chi connectivity index (χ2n) is 4.06. The van der Waals surface area contributed by atoms with Crippen LogP contribution < -0.4 is 10.5 Å². The van der Waals surface area contributed by atoms with Gasteiger partial charge in [-0.1, -0.05) is 0 Å². The minimum atomic E-state index is -3.94. The van der Waals surface area contributed by atoms with Crippen molar-refractivity contribution >= 4 is 27.6 Å². The number of ether oxygens (including phenoxy) is 1. The van der Waals surface area contributed by atoms with Crippen molar-refractivity contribution in [3.8, 4) is 0 Å². The molecule has 1 heterocycles. The molecule has 0 radical (unpaired) electrons. The van der Waals surface area contributed by atoms with Crippen LogP contribution in [0.3, 0.4) is 0 Å². The van der Waals surface area contributed by atoms with Crippen molar-refractivity contribution in [2.75, 3.05) is 17.6 Å². The van der Waals surface area contributed by atoms with E-state index in [0.29, 0.717) is 0 Å². The SMILES string of the molecule is COC(=O)c1ccc(S(=O)(=O)Nc2ncnn2C)c(N)c1. The first-order chi connectivity index (χ1) is 9.85. The average molecular weight is 311 g/mol. The molecule has 2 rings (SSSR count). The van der Waals surface area contributed by atoms with Crippen LogP contribution in [-0.2, 0) is 21.8 Å². The van der Waals surface area contributed by atoms with Gasteiger partial charge in [0.15, 0.2) is 0 Å². The second-order valence-corrected chi connectivity index (χ2v) is 5.71. The molecular formula is C11H13N5O4S. The van der Waals surface area contributed by atoms with Gasteiger partial charge in [-0.2, -0.15) is 10.1 Å². The van der Waals surface area contributed by atoms with Crippen LogP contribution >= 0.6 is 0 Å². The normalized spacial score (nSPS) is 11.1. The molecule has 0 aliphatic rings. The van der Waals surface area contributed by atoms with Crippen molar-refractivity contribution in [2.24, 2.45) is 7.05 Å². The summed E-state index contributed by atoms with van der Waals surface area (Å²) < 4.78 is 32.5. The summed E-state index contributed by atoms with van der Waals surface area (Å²) in [5.41, 5.74) is 5.78. The monoisotopic (exact) mass is 311 g/mol. The lowest BCUT2D eigenvalue weighted by atomic mass is 10.2. The highest BCUT2D eigenvalue weighted by Gasteiger charge is 2.21. The Morgan fingerprint density at radius 3 is 2.67 bits per heavy atom. The molecule has 3 N–H and O–H groups in total. The number of hydrogen-bond acceptors (Lipinski definition) is 7. The highest BCUT2D eigenvalue weighted by molar-refractivity contribution is 7.92. The van der Waals surface area contributed by atoms with Crippen LogP contribution in [-0.4, -0.2) is 36.3 Å². The number of anilines is 2. The van der Waals surface area contributed by atoms with Gasteiger partial charge in [0.05, 0.1) is 18.4 Å². The van der Waals surface area contributed by atoms with Crippen molar-refractivity contribution in [3.05, 3.63) is 30.1 Å². The number of nitrogens with one attached hydrogen (secondary N) is 1. The molecule has 9 nitrogen and oxygen atoms in total. The molecule has 21 heavy (non-hydrogen) atoms. The van der Waals surface area contributed by atoms with Crippen LogP contribution in [0.2, 0.25) is 0 Å². The predicted molar refractivity (Wildman–Crippen MR) is 74.0 cm³/mol. The zero-order chi connectivity index (χ0) is 15.6. The number of nitrogens with two attached hydrogens (primary N) is 1. The summed E-state index contributed by atoms with van der Waals surface area (Å²) in [4.78, 5) is 15.0. The molecule has 0 aliphatic carbocycles. The summed E-state index contributed by atoms with van der Waals surface area (Å²) in [6.07, 6.45) is 1.21. The van der Waals surface area contributed by atoms with E-state index in [1.165, 1.54) is 43.4 Å². The Balaban J connectivity index is 2.37. The van der Waals surface area contributed by atoms with Crippen molar-refractivity contribution in [2.45, 2.75) is 4.90 Å². The predicted octanol–water partition coefficient (Wildman–Crippen LogP) is -0.0153. The number of aromatic nitrogens is 3. The summed E-state index contributed by atoms with van der Waals surface area (Å²) in [6.45, 7) is 0. The lowest BCUT2D eigenvalue weighted by molar-refractivity contribution is 0.0600. The van der Waals surface area contributed by atoms with E-state index < -0.39 is 16.0 Å². The maximum Gasteiger partial charge on any atom is 0.337 e. The molecule has 0 unspecified atom stereocenters. The first-order valence-electron chi connectivity index (χ1n) is 5.70. The van der Waals surface area contributed by atoms with Crippen LogP contribution in [0.15, 0.2) is 29.4 Å². The Kier molecular flexibility index (Phi) is 3.80. The molecule has 0 amide bonds. The Hall–Kier alpha value is -2.62. The zero-order valence-corrected chi connectivity index (χ0v) is 12.1. The van der Waals surface area contributed by atoms with Gasteiger partial charge in [-0.05, 0) is 18.2 Å². The maximum atomic E-state index is 12.2. The van der Waals surface area contributed by atoms with E-state index in [0.717, 1.165) is 0 Å². The van der Waals surface area contributed by atoms with E-state index in [4.69, 9.17) is 5.73 Å². The quantitative estimate of drug-likeness (QED) is 0.599. The van der Waals surface area contributed by atoms with E-state index >= 15 is 0 Å². The molecule has 1 aromatic heterocycles. The van der Waals surface area contributed by atoms with Crippen molar-refractivity contribution in [3.63, 3.8) is 0 Å². The van der Waals surface area contributed by atoms with Crippen LogP contribution in [0.1, 0.15) is 10.4 Å². The summed E-state index contributed by atoms with van der Waals surface area (Å²) in [7, 11) is -1.18. The van der Waals surface area contributed by atoms with Gasteiger partial charge >= 0.3 is 5.97 Å². The molecule has 10 heteroatoms. The second kappa shape index (κ2) is 5.40. The van der Waals surface area contributed by atoms with Gasteiger partial charge in [0, 0.05) is 7.05 Å². The van der Waals surface area contributed by atoms with E-state index in [-0.39, 0.29) is 22.1 Å². The number of hydrogen-bond donors (Lipinski definition) is 2. The molecular weight excluding hydrogens is 298 g/mol. The first-order valence-corrected chi connectivity index (χ1v) is 7.18. The van der Waals surface area contributed by atoms with Crippen molar-refractivity contribution in [1.29, 1.82) is 0 Å². The van der Waals surface area contributed by atoms with Crippen LogP contribution in [0, 0.1) is 0 Å². The van der Waals surface area contributed by atoms with Crippen LogP contribution in [0.5, 0.6) is 0 Å². The van der Waals surface area contributed by atoms with Gasteiger partial charge in [0.2, 0.25) is 5.95 Å². The van der Waals surface area contributed by atoms with Gasteiger partial charge in [-0.3, -0.25) is 0 Å². The molecule has 0 saturated heterocycles. The van der Waals surface area contributed by atoms with Crippen molar-refractivity contribution in [1.82, 2.24) is 14.8 Å². The van der Waals surface area contributed by atoms with E-state index in [9.17, 15) is 13.2 Å². The number of nitrogen functional groups attached to an aromatic ring is 1. The minimum absolute atomic E-state index is 0.0476. The highest BCUT2D eigenvalue weighted by Crippen LogP contribution is 2.22. The number of esters is 1. The Labute approximate surface area is 120 Å².